The molecule has 1 aliphatic heterocycles. The minimum Gasteiger partial charge on any atom is -0.354 e. The standard InChI is InChI=1S/C18H24N2O/c21-18(20-11-13-6-3-4-10-19-13)17-15-9-8-12-5-1-2-7-14(12)16(15)17/h1-2,5,7,13,15-17,19H,3-4,6,8-11H2,(H,20,21). The van der Waals surface area contributed by atoms with Gasteiger partial charge in [0.25, 0.3) is 0 Å². The highest BCUT2D eigenvalue weighted by Gasteiger charge is 2.56. The molecule has 3 nitrogen and oxygen atoms in total. The van der Waals surface area contributed by atoms with E-state index in [0.29, 0.717) is 17.9 Å². The van der Waals surface area contributed by atoms with E-state index in [2.05, 4.69) is 34.9 Å². The number of piperidine rings is 1. The molecular formula is C18H24N2O. The van der Waals surface area contributed by atoms with Crippen molar-refractivity contribution >= 4 is 5.91 Å². The Balaban J connectivity index is 1.37. The fraction of sp³-hybridized carbons (Fsp3) is 0.611. The van der Waals surface area contributed by atoms with Gasteiger partial charge in [-0.05, 0) is 55.2 Å². The van der Waals surface area contributed by atoms with Crippen LogP contribution in [0.2, 0.25) is 0 Å². The molecule has 4 atom stereocenters. The van der Waals surface area contributed by atoms with Gasteiger partial charge in [0, 0.05) is 18.5 Å². The van der Waals surface area contributed by atoms with Crippen LogP contribution in [0.1, 0.15) is 42.7 Å². The molecule has 2 N–H and O–H groups in total. The van der Waals surface area contributed by atoms with Crippen molar-refractivity contribution in [3.05, 3.63) is 35.4 Å². The first-order valence-corrected chi connectivity index (χ1v) is 8.43. The average Bonchev–Trinajstić information content (AvgIpc) is 3.29. The second-order valence-electron chi connectivity index (χ2n) is 6.84. The van der Waals surface area contributed by atoms with E-state index >= 15 is 0 Å². The molecule has 4 rings (SSSR count). The second kappa shape index (κ2) is 5.45. The molecule has 21 heavy (non-hydrogen) atoms. The van der Waals surface area contributed by atoms with E-state index in [0.717, 1.165) is 19.5 Å². The molecule has 1 heterocycles. The molecule has 3 aliphatic rings. The van der Waals surface area contributed by atoms with Gasteiger partial charge in [-0.15, -0.1) is 0 Å². The van der Waals surface area contributed by atoms with E-state index in [4.69, 9.17) is 0 Å². The molecule has 2 aliphatic carbocycles. The lowest BCUT2D eigenvalue weighted by Crippen LogP contribution is -2.44. The van der Waals surface area contributed by atoms with Crippen LogP contribution in [0.5, 0.6) is 0 Å². The highest BCUT2D eigenvalue weighted by atomic mass is 16.2. The molecule has 2 fully saturated rings. The van der Waals surface area contributed by atoms with Crippen LogP contribution in [0.15, 0.2) is 24.3 Å². The normalized spacial score (nSPS) is 33.7. The number of hydrogen-bond acceptors (Lipinski definition) is 2. The highest BCUT2D eigenvalue weighted by Crippen LogP contribution is 2.59. The van der Waals surface area contributed by atoms with E-state index < -0.39 is 0 Å². The number of carbonyl (C=O) groups is 1. The topological polar surface area (TPSA) is 41.1 Å². The summed E-state index contributed by atoms with van der Waals surface area (Å²) in [5.41, 5.74) is 2.90. The Morgan fingerprint density at radius 3 is 3.00 bits per heavy atom. The molecule has 0 aromatic heterocycles. The Bertz CT molecular complexity index is 536. The summed E-state index contributed by atoms with van der Waals surface area (Å²) in [6.07, 6.45) is 6.08. The maximum atomic E-state index is 12.5. The Morgan fingerprint density at radius 2 is 2.14 bits per heavy atom. The number of nitrogens with one attached hydrogen (secondary N) is 2. The largest absolute Gasteiger partial charge is 0.354 e. The molecular weight excluding hydrogens is 260 g/mol. The Hall–Kier alpha value is -1.35. The summed E-state index contributed by atoms with van der Waals surface area (Å²) in [4.78, 5) is 12.5. The SMILES string of the molecule is O=C(NCC1CCCCN1)C1C2CCc3ccccc3C21. The van der Waals surface area contributed by atoms with Crippen molar-refractivity contribution in [2.45, 2.75) is 44.1 Å². The van der Waals surface area contributed by atoms with Crippen LogP contribution in [0.4, 0.5) is 0 Å². The Labute approximate surface area is 126 Å². The van der Waals surface area contributed by atoms with Crippen LogP contribution in [0, 0.1) is 11.8 Å². The van der Waals surface area contributed by atoms with Crippen molar-refractivity contribution in [2.24, 2.45) is 11.8 Å². The number of amides is 1. The molecule has 4 unspecified atom stereocenters. The van der Waals surface area contributed by atoms with Gasteiger partial charge in [0.05, 0.1) is 0 Å². The summed E-state index contributed by atoms with van der Waals surface area (Å²) in [6, 6.07) is 9.16. The van der Waals surface area contributed by atoms with E-state index in [1.54, 1.807) is 0 Å². The first-order valence-electron chi connectivity index (χ1n) is 8.43. The Morgan fingerprint density at radius 1 is 1.24 bits per heavy atom. The van der Waals surface area contributed by atoms with Crippen molar-refractivity contribution in [1.82, 2.24) is 10.6 Å². The van der Waals surface area contributed by atoms with E-state index in [1.165, 1.54) is 36.8 Å². The number of fused-ring (bicyclic) bond motifs is 3. The zero-order chi connectivity index (χ0) is 14.2. The van der Waals surface area contributed by atoms with Crippen molar-refractivity contribution in [3.8, 4) is 0 Å². The lowest BCUT2D eigenvalue weighted by atomic mass is 9.92. The van der Waals surface area contributed by atoms with Crippen LogP contribution in [0.3, 0.4) is 0 Å². The minimum atomic E-state index is 0.234. The van der Waals surface area contributed by atoms with Gasteiger partial charge in [0.15, 0.2) is 0 Å². The average molecular weight is 284 g/mol. The predicted molar refractivity (Wildman–Crippen MR) is 83.1 cm³/mol. The summed E-state index contributed by atoms with van der Waals surface area (Å²) < 4.78 is 0. The quantitative estimate of drug-likeness (QED) is 0.893. The predicted octanol–water partition coefficient (Wildman–Crippen LogP) is 2.22. The van der Waals surface area contributed by atoms with Gasteiger partial charge < -0.3 is 10.6 Å². The number of carbonyl (C=O) groups excluding carboxylic acids is 1. The first kappa shape index (κ1) is 13.3. The Kier molecular flexibility index (Phi) is 3.46. The van der Waals surface area contributed by atoms with Crippen LogP contribution in [0.25, 0.3) is 0 Å². The van der Waals surface area contributed by atoms with Gasteiger partial charge in [0.1, 0.15) is 0 Å². The van der Waals surface area contributed by atoms with Crippen molar-refractivity contribution in [1.29, 1.82) is 0 Å². The number of aryl methyl sites for hydroxylation is 1. The van der Waals surface area contributed by atoms with Gasteiger partial charge in [-0.3, -0.25) is 4.79 Å². The maximum absolute atomic E-state index is 12.5. The zero-order valence-corrected chi connectivity index (χ0v) is 12.5. The molecule has 1 amide bonds. The van der Waals surface area contributed by atoms with Crippen LogP contribution < -0.4 is 10.6 Å². The molecule has 0 radical (unpaired) electrons. The monoisotopic (exact) mass is 284 g/mol. The van der Waals surface area contributed by atoms with Gasteiger partial charge in [-0.2, -0.15) is 0 Å². The van der Waals surface area contributed by atoms with Crippen molar-refractivity contribution in [3.63, 3.8) is 0 Å². The van der Waals surface area contributed by atoms with E-state index in [-0.39, 0.29) is 11.8 Å². The first-order chi connectivity index (χ1) is 10.3. The van der Waals surface area contributed by atoms with Gasteiger partial charge in [-0.25, -0.2) is 0 Å². The lowest BCUT2D eigenvalue weighted by molar-refractivity contribution is -0.122. The van der Waals surface area contributed by atoms with Gasteiger partial charge in [-0.1, -0.05) is 30.7 Å². The minimum absolute atomic E-state index is 0.234. The van der Waals surface area contributed by atoms with Crippen LogP contribution >= 0.6 is 0 Å². The second-order valence-corrected chi connectivity index (χ2v) is 6.84. The fourth-order valence-electron chi connectivity index (χ4n) is 4.36. The molecule has 1 aromatic rings. The van der Waals surface area contributed by atoms with Gasteiger partial charge >= 0.3 is 0 Å². The molecule has 112 valence electrons. The number of hydrogen-bond donors (Lipinski definition) is 2. The molecule has 3 heteroatoms. The van der Waals surface area contributed by atoms with Crippen LogP contribution in [-0.2, 0) is 11.2 Å². The zero-order valence-electron chi connectivity index (χ0n) is 12.5. The summed E-state index contributed by atoms with van der Waals surface area (Å²) >= 11 is 0. The third-order valence-electron chi connectivity index (χ3n) is 5.57. The molecule has 1 saturated carbocycles. The molecule has 1 saturated heterocycles. The number of rotatable bonds is 3. The van der Waals surface area contributed by atoms with Crippen molar-refractivity contribution in [2.75, 3.05) is 13.1 Å². The smallest absolute Gasteiger partial charge is 0.224 e. The highest BCUT2D eigenvalue weighted by molar-refractivity contribution is 5.84. The van der Waals surface area contributed by atoms with E-state index in [9.17, 15) is 4.79 Å². The summed E-state index contributed by atoms with van der Waals surface area (Å²) in [7, 11) is 0. The van der Waals surface area contributed by atoms with Crippen molar-refractivity contribution < 1.29 is 4.79 Å². The lowest BCUT2D eigenvalue weighted by Gasteiger charge is -2.23. The third kappa shape index (κ3) is 2.48. The summed E-state index contributed by atoms with van der Waals surface area (Å²) in [6.45, 7) is 1.90. The molecule has 1 aromatic carbocycles. The van der Waals surface area contributed by atoms with Gasteiger partial charge in [0.2, 0.25) is 5.91 Å². The van der Waals surface area contributed by atoms with Crippen LogP contribution in [-0.4, -0.2) is 25.0 Å². The third-order valence-corrected chi connectivity index (χ3v) is 5.57. The fourth-order valence-corrected chi connectivity index (χ4v) is 4.36. The molecule has 0 spiro atoms. The summed E-state index contributed by atoms with van der Waals surface area (Å²) in [5.74, 6) is 1.61. The van der Waals surface area contributed by atoms with E-state index in [1.807, 2.05) is 0 Å². The summed E-state index contributed by atoms with van der Waals surface area (Å²) in [5, 5.41) is 6.70. The number of benzene rings is 1. The molecule has 0 bridgehead atoms. The maximum Gasteiger partial charge on any atom is 0.224 e.